The Balaban J connectivity index is 2.30. The molecule has 0 fully saturated rings. The van der Waals surface area contributed by atoms with Gasteiger partial charge in [0.15, 0.2) is 0 Å². The third-order valence-electron chi connectivity index (χ3n) is 2.64. The van der Waals surface area contributed by atoms with E-state index in [4.69, 9.17) is 16.3 Å². The molecule has 2 aromatic carbocycles. The lowest BCUT2D eigenvalue weighted by molar-refractivity contribution is 0.281. The Morgan fingerprint density at radius 2 is 1.85 bits per heavy atom. The SMILES string of the molecule is COc1ccc(N=Nc2c(Cl)cc(O)cc2CO)cc1. The fourth-order valence-electron chi connectivity index (χ4n) is 1.63. The summed E-state index contributed by atoms with van der Waals surface area (Å²) in [6, 6.07) is 9.77. The molecule has 0 aliphatic carbocycles. The topological polar surface area (TPSA) is 74.4 Å². The third-order valence-corrected chi connectivity index (χ3v) is 2.92. The first-order valence-electron chi connectivity index (χ1n) is 5.82. The number of hydrogen-bond donors (Lipinski definition) is 2. The molecular formula is C14H13ClN2O3. The molecule has 2 rings (SSSR count). The number of rotatable bonds is 4. The minimum Gasteiger partial charge on any atom is -0.508 e. The predicted molar refractivity (Wildman–Crippen MR) is 76.2 cm³/mol. The molecule has 0 unspecified atom stereocenters. The largest absolute Gasteiger partial charge is 0.508 e. The van der Waals surface area contributed by atoms with E-state index in [9.17, 15) is 10.2 Å². The summed E-state index contributed by atoms with van der Waals surface area (Å²) < 4.78 is 5.05. The third kappa shape index (κ3) is 3.26. The lowest BCUT2D eigenvalue weighted by Crippen LogP contribution is -1.84. The average molecular weight is 293 g/mol. The summed E-state index contributed by atoms with van der Waals surface area (Å²) in [5.41, 5.74) is 1.37. The fraction of sp³-hybridized carbons (Fsp3) is 0.143. The van der Waals surface area contributed by atoms with Crippen LogP contribution in [0.25, 0.3) is 0 Å². The molecular weight excluding hydrogens is 280 g/mol. The molecule has 0 saturated heterocycles. The van der Waals surface area contributed by atoms with Crippen LogP contribution in [0, 0.1) is 0 Å². The van der Waals surface area contributed by atoms with Gasteiger partial charge in [0, 0.05) is 11.6 Å². The van der Waals surface area contributed by atoms with E-state index in [1.54, 1.807) is 31.4 Å². The predicted octanol–water partition coefficient (Wildman–Crippen LogP) is 3.96. The zero-order valence-corrected chi connectivity index (χ0v) is 11.5. The Morgan fingerprint density at radius 1 is 1.15 bits per heavy atom. The quantitative estimate of drug-likeness (QED) is 0.838. The molecule has 0 spiro atoms. The lowest BCUT2D eigenvalue weighted by atomic mass is 10.2. The summed E-state index contributed by atoms with van der Waals surface area (Å²) in [6.45, 7) is -0.287. The van der Waals surface area contributed by atoms with Crippen molar-refractivity contribution in [3.05, 3.63) is 47.0 Å². The maximum Gasteiger partial charge on any atom is 0.119 e. The Bertz CT molecular complexity index is 627. The number of aliphatic hydroxyl groups excluding tert-OH is 1. The van der Waals surface area contributed by atoms with Gasteiger partial charge in [0.25, 0.3) is 0 Å². The van der Waals surface area contributed by atoms with Gasteiger partial charge in [0.2, 0.25) is 0 Å². The highest BCUT2D eigenvalue weighted by Crippen LogP contribution is 2.34. The molecule has 20 heavy (non-hydrogen) atoms. The number of nitrogens with zero attached hydrogens (tertiary/aromatic N) is 2. The summed E-state index contributed by atoms with van der Waals surface area (Å²) in [4.78, 5) is 0. The average Bonchev–Trinajstić information content (AvgIpc) is 2.46. The van der Waals surface area contributed by atoms with Crippen molar-refractivity contribution in [3.63, 3.8) is 0 Å². The van der Waals surface area contributed by atoms with E-state index in [2.05, 4.69) is 10.2 Å². The lowest BCUT2D eigenvalue weighted by Gasteiger charge is -2.05. The van der Waals surface area contributed by atoms with Gasteiger partial charge < -0.3 is 14.9 Å². The van der Waals surface area contributed by atoms with Crippen LogP contribution >= 0.6 is 11.6 Å². The zero-order chi connectivity index (χ0) is 14.5. The highest BCUT2D eigenvalue weighted by atomic mass is 35.5. The number of methoxy groups -OCH3 is 1. The van der Waals surface area contributed by atoms with Gasteiger partial charge in [0.05, 0.1) is 24.4 Å². The minimum absolute atomic E-state index is 0.0255. The maximum atomic E-state index is 9.41. The van der Waals surface area contributed by atoms with Crippen molar-refractivity contribution >= 4 is 23.0 Å². The number of phenols is 1. The first-order valence-corrected chi connectivity index (χ1v) is 6.20. The van der Waals surface area contributed by atoms with E-state index >= 15 is 0 Å². The number of benzene rings is 2. The van der Waals surface area contributed by atoms with E-state index in [0.717, 1.165) is 5.75 Å². The molecule has 2 aromatic rings. The van der Waals surface area contributed by atoms with Crippen molar-refractivity contribution in [2.45, 2.75) is 6.61 Å². The van der Waals surface area contributed by atoms with E-state index in [1.165, 1.54) is 12.1 Å². The second-order valence-corrected chi connectivity index (χ2v) is 4.40. The van der Waals surface area contributed by atoms with E-state index in [-0.39, 0.29) is 17.4 Å². The second-order valence-electron chi connectivity index (χ2n) is 3.99. The number of aromatic hydroxyl groups is 1. The summed E-state index contributed by atoms with van der Waals surface area (Å²) >= 11 is 5.98. The van der Waals surface area contributed by atoms with Crippen LogP contribution < -0.4 is 4.74 Å². The molecule has 0 aliphatic rings. The molecule has 0 bridgehead atoms. The molecule has 0 radical (unpaired) electrons. The summed E-state index contributed by atoms with van der Waals surface area (Å²) in [5, 5.41) is 27.0. The molecule has 6 heteroatoms. The Labute approximate surface area is 121 Å². The number of phenolic OH excluding ortho intramolecular Hbond substituents is 1. The molecule has 0 aliphatic heterocycles. The van der Waals surface area contributed by atoms with Gasteiger partial charge in [0.1, 0.15) is 17.2 Å². The van der Waals surface area contributed by atoms with Gasteiger partial charge >= 0.3 is 0 Å². The van der Waals surface area contributed by atoms with Crippen molar-refractivity contribution in [1.82, 2.24) is 0 Å². The smallest absolute Gasteiger partial charge is 0.119 e. The number of hydrogen-bond acceptors (Lipinski definition) is 5. The van der Waals surface area contributed by atoms with E-state index < -0.39 is 0 Å². The molecule has 5 nitrogen and oxygen atoms in total. The molecule has 2 N–H and O–H groups in total. The number of aliphatic hydroxyl groups is 1. The maximum absolute atomic E-state index is 9.41. The molecule has 0 atom stereocenters. The molecule has 0 saturated carbocycles. The van der Waals surface area contributed by atoms with Crippen LogP contribution in [0.15, 0.2) is 46.6 Å². The monoisotopic (exact) mass is 292 g/mol. The van der Waals surface area contributed by atoms with E-state index in [1.807, 2.05) is 0 Å². The number of azo groups is 1. The normalized spacial score (nSPS) is 10.9. The van der Waals surface area contributed by atoms with Crippen LogP contribution in [0.4, 0.5) is 11.4 Å². The summed E-state index contributed by atoms with van der Waals surface area (Å²) in [5.74, 6) is 0.699. The van der Waals surface area contributed by atoms with Gasteiger partial charge in [-0.1, -0.05) is 11.6 Å². The van der Waals surface area contributed by atoms with Gasteiger partial charge in [-0.15, -0.1) is 5.11 Å². The Hall–Kier alpha value is -2.11. The van der Waals surface area contributed by atoms with Gasteiger partial charge in [-0.05, 0) is 30.3 Å². The fourth-order valence-corrected chi connectivity index (χ4v) is 1.90. The Kier molecular flexibility index (Phi) is 4.55. The van der Waals surface area contributed by atoms with Gasteiger partial charge in [-0.25, -0.2) is 0 Å². The van der Waals surface area contributed by atoms with Crippen LogP contribution in [0.5, 0.6) is 11.5 Å². The van der Waals surface area contributed by atoms with Crippen LogP contribution in [0.3, 0.4) is 0 Å². The minimum atomic E-state index is -0.287. The van der Waals surface area contributed by atoms with E-state index in [0.29, 0.717) is 16.9 Å². The first kappa shape index (κ1) is 14.3. The van der Waals surface area contributed by atoms with Gasteiger partial charge in [-0.3, -0.25) is 0 Å². The van der Waals surface area contributed by atoms with Crippen LogP contribution in [-0.2, 0) is 6.61 Å². The van der Waals surface area contributed by atoms with Crippen LogP contribution in [-0.4, -0.2) is 17.3 Å². The van der Waals surface area contributed by atoms with Crippen LogP contribution in [0.2, 0.25) is 5.02 Å². The summed E-state index contributed by atoms with van der Waals surface area (Å²) in [6.07, 6.45) is 0. The number of halogens is 1. The van der Waals surface area contributed by atoms with Crippen molar-refractivity contribution in [2.75, 3.05) is 7.11 Å². The summed E-state index contributed by atoms with van der Waals surface area (Å²) in [7, 11) is 1.58. The first-order chi connectivity index (χ1) is 9.63. The van der Waals surface area contributed by atoms with Crippen molar-refractivity contribution < 1.29 is 14.9 Å². The van der Waals surface area contributed by atoms with Gasteiger partial charge in [-0.2, -0.15) is 5.11 Å². The van der Waals surface area contributed by atoms with Crippen molar-refractivity contribution in [3.8, 4) is 11.5 Å². The highest BCUT2D eigenvalue weighted by Gasteiger charge is 2.08. The standard InChI is InChI=1S/C14H13ClN2O3/c1-20-12-4-2-10(3-5-12)16-17-14-9(8-18)6-11(19)7-13(14)15/h2-7,18-19H,8H2,1H3. The second kappa shape index (κ2) is 6.36. The molecule has 0 aromatic heterocycles. The molecule has 0 amide bonds. The van der Waals surface area contributed by atoms with Crippen molar-refractivity contribution in [1.29, 1.82) is 0 Å². The van der Waals surface area contributed by atoms with Crippen molar-refractivity contribution in [2.24, 2.45) is 10.2 Å². The highest BCUT2D eigenvalue weighted by molar-refractivity contribution is 6.33. The molecule has 104 valence electrons. The molecule has 0 heterocycles. The Morgan fingerprint density at radius 3 is 2.45 bits per heavy atom. The zero-order valence-electron chi connectivity index (χ0n) is 10.7. The number of ether oxygens (including phenoxy) is 1. The van der Waals surface area contributed by atoms with Crippen LogP contribution in [0.1, 0.15) is 5.56 Å².